The van der Waals surface area contributed by atoms with Crippen LogP contribution in [-0.2, 0) is 24.5 Å². The molecule has 2 aromatic carbocycles. The fraction of sp³-hybridized carbons (Fsp3) is 0.556. The molecule has 7 heteroatoms. The molecule has 0 spiro atoms. The molecule has 0 radical (unpaired) electrons. The number of thioether (sulfide) groups is 1. The highest BCUT2D eigenvalue weighted by atomic mass is 32.2. The number of hydrogen-bond acceptors (Lipinski definition) is 7. The molecule has 0 unspecified atom stereocenters. The van der Waals surface area contributed by atoms with Gasteiger partial charge in [0.1, 0.15) is 5.60 Å². The molecule has 1 heterocycles. The number of aliphatic hydroxyl groups is 1. The summed E-state index contributed by atoms with van der Waals surface area (Å²) in [6.45, 7) is 5.83. The third-order valence-electron chi connectivity index (χ3n) is 6.11. The van der Waals surface area contributed by atoms with Crippen LogP contribution in [0.1, 0.15) is 17.5 Å². The van der Waals surface area contributed by atoms with Gasteiger partial charge in [-0.05, 0) is 29.6 Å². The van der Waals surface area contributed by atoms with Crippen molar-refractivity contribution in [3.05, 3.63) is 71.8 Å². The molecule has 0 aromatic heterocycles. The molecule has 1 N–H and O–H groups in total. The van der Waals surface area contributed by atoms with E-state index in [-0.39, 0.29) is 6.04 Å². The topological polar surface area (TPSA) is 60.4 Å². The van der Waals surface area contributed by atoms with Crippen molar-refractivity contribution in [1.82, 2.24) is 4.90 Å². The fourth-order valence-corrected chi connectivity index (χ4v) is 4.83. The van der Waals surface area contributed by atoms with Crippen LogP contribution in [0.2, 0.25) is 0 Å². The van der Waals surface area contributed by atoms with Crippen LogP contribution in [0.3, 0.4) is 0 Å². The zero-order valence-corrected chi connectivity index (χ0v) is 21.1. The summed E-state index contributed by atoms with van der Waals surface area (Å²) in [6.07, 6.45) is 2.94. The van der Waals surface area contributed by atoms with Crippen LogP contribution in [0.15, 0.2) is 60.7 Å². The Labute approximate surface area is 208 Å². The van der Waals surface area contributed by atoms with Crippen molar-refractivity contribution in [2.24, 2.45) is 0 Å². The van der Waals surface area contributed by atoms with E-state index in [1.54, 1.807) is 11.8 Å². The van der Waals surface area contributed by atoms with Crippen LogP contribution in [0.4, 0.5) is 0 Å². The Morgan fingerprint density at radius 1 is 0.735 bits per heavy atom. The molecular weight excluding hydrogens is 450 g/mol. The van der Waals surface area contributed by atoms with Crippen LogP contribution >= 0.6 is 11.8 Å². The lowest BCUT2D eigenvalue weighted by Crippen LogP contribution is -2.53. The molecule has 1 fully saturated rings. The summed E-state index contributed by atoms with van der Waals surface area (Å²) in [5.41, 5.74) is 0.617. The van der Waals surface area contributed by atoms with Gasteiger partial charge in [0.05, 0.1) is 52.9 Å². The van der Waals surface area contributed by atoms with Gasteiger partial charge >= 0.3 is 0 Å². The van der Waals surface area contributed by atoms with Crippen molar-refractivity contribution in [3.8, 4) is 0 Å². The van der Waals surface area contributed by atoms with Gasteiger partial charge in [0.15, 0.2) is 0 Å². The van der Waals surface area contributed by atoms with E-state index >= 15 is 0 Å². The maximum atomic E-state index is 12.5. The normalized spacial score (nSPS) is 19.1. The largest absolute Gasteiger partial charge is 0.379 e. The average molecular weight is 490 g/mol. The second kappa shape index (κ2) is 15.5. The average Bonchev–Trinajstić information content (AvgIpc) is 2.90. The molecule has 188 valence electrons. The second-order valence-electron chi connectivity index (χ2n) is 8.28. The van der Waals surface area contributed by atoms with Crippen molar-refractivity contribution in [2.45, 2.75) is 18.1 Å². The van der Waals surface area contributed by atoms with Crippen LogP contribution in [0.5, 0.6) is 0 Å². The SMILES string of the molecule is CSCC[C@H](N1CCOCCOCCOCCOCC1)C(O)(c1ccccc1)c1ccccc1. The Hall–Kier alpha value is -1.45. The molecule has 0 aliphatic carbocycles. The summed E-state index contributed by atoms with van der Waals surface area (Å²) >= 11 is 1.80. The van der Waals surface area contributed by atoms with Crippen LogP contribution in [0, 0.1) is 0 Å². The van der Waals surface area contributed by atoms with Gasteiger partial charge in [0, 0.05) is 19.1 Å². The van der Waals surface area contributed by atoms with Gasteiger partial charge in [-0.25, -0.2) is 0 Å². The molecule has 3 rings (SSSR count). The number of benzene rings is 2. The van der Waals surface area contributed by atoms with E-state index < -0.39 is 5.60 Å². The van der Waals surface area contributed by atoms with Gasteiger partial charge in [0.2, 0.25) is 0 Å². The lowest BCUT2D eigenvalue weighted by atomic mass is 9.78. The van der Waals surface area contributed by atoms with Gasteiger partial charge in [0.25, 0.3) is 0 Å². The van der Waals surface area contributed by atoms with Gasteiger partial charge < -0.3 is 24.1 Å². The minimum Gasteiger partial charge on any atom is -0.379 e. The zero-order chi connectivity index (χ0) is 23.9. The predicted molar refractivity (Wildman–Crippen MR) is 138 cm³/mol. The maximum Gasteiger partial charge on any atom is 0.130 e. The van der Waals surface area contributed by atoms with Gasteiger partial charge in [-0.1, -0.05) is 60.7 Å². The van der Waals surface area contributed by atoms with Crippen molar-refractivity contribution in [3.63, 3.8) is 0 Å². The van der Waals surface area contributed by atoms with E-state index in [1.807, 2.05) is 60.7 Å². The summed E-state index contributed by atoms with van der Waals surface area (Å²) in [5, 5.41) is 12.5. The van der Waals surface area contributed by atoms with Gasteiger partial charge in [-0.2, -0.15) is 11.8 Å². The van der Waals surface area contributed by atoms with Gasteiger partial charge in [-0.15, -0.1) is 0 Å². The number of hydrogen-bond donors (Lipinski definition) is 1. The van der Waals surface area contributed by atoms with Crippen molar-refractivity contribution >= 4 is 11.8 Å². The predicted octanol–water partition coefficient (Wildman–Crippen LogP) is 3.43. The summed E-state index contributed by atoms with van der Waals surface area (Å²) in [4.78, 5) is 2.33. The monoisotopic (exact) mass is 489 g/mol. The molecule has 0 amide bonds. The quantitative estimate of drug-likeness (QED) is 0.639. The van der Waals surface area contributed by atoms with E-state index in [4.69, 9.17) is 18.9 Å². The zero-order valence-electron chi connectivity index (χ0n) is 20.3. The first-order valence-electron chi connectivity index (χ1n) is 12.1. The van der Waals surface area contributed by atoms with Crippen molar-refractivity contribution in [2.75, 3.05) is 78.0 Å². The van der Waals surface area contributed by atoms with Crippen LogP contribution < -0.4 is 0 Å². The molecule has 1 aliphatic heterocycles. The van der Waals surface area contributed by atoms with E-state index in [0.29, 0.717) is 65.9 Å². The smallest absolute Gasteiger partial charge is 0.130 e. The summed E-state index contributed by atoms with van der Waals surface area (Å²) in [7, 11) is 0. The van der Waals surface area contributed by atoms with Crippen LogP contribution in [0.25, 0.3) is 0 Å². The molecule has 1 saturated heterocycles. The van der Waals surface area contributed by atoms with E-state index in [1.165, 1.54) is 0 Å². The molecule has 1 aliphatic rings. The number of rotatable bonds is 7. The van der Waals surface area contributed by atoms with E-state index in [0.717, 1.165) is 23.3 Å². The molecule has 1 atom stereocenters. The summed E-state index contributed by atoms with van der Waals surface area (Å²) < 4.78 is 22.9. The first kappa shape index (κ1) is 27.1. The molecule has 34 heavy (non-hydrogen) atoms. The minimum absolute atomic E-state index is 0.153. The fourth-order valence-electron chi connectivity index (χ4n) is 4.37. The third kappa shape index (κ3) is 8.05. The second-order valence-corrected chi connectivity index (χ2v) is 9.27. The van der Waals surface area contributed by atoms with E-state index in [2.05, 4.69) is 11.2 Å². The standard InChI is InChI=1S/C27H39NO5S/c1-34-23-12-26(27(29,24-8-4-2-5-9-24)25-10-6-3-7-11-25)28-13-15-30-17-19-32-21-22-33-20-18-31-16-14-28/h2-11,26,29H,12-23H2,1H3/t26-/m0/s1. The summed E-state index contributed by atoms with van der Waals surface area (Å²) in [6, 6.07) is 19.9. The van der Waals surface area contributed by atoms with Crippen molar-refractivity contribution in [1.29, 1.82) is 0 Å². The lowest BCUT2D eigenvalue weighted by molar-refractivity contribution is -0.0432. The minimum atomic E-state index is -1.17. The molecule has 6 nitrogen and oxygen atoms in total. The lowest BCUT2D eigenvalue weighted by Gasteiger charge is -2.44. The molecular formula is C27H39NO5S. The Morgan fingerprint density at radius 2 is 1.15 bits per heavy atom. The third-order valence-corrected chi connectivity index (χ3v) is 6.75. The first-order valence-corrected chi connectivity index (χ1v) is 13.5. The first-order chi connectivity index (χ1) is 16.8. The Balaban J connectivity index is 1.90. The number of nitrogens with zero attached hydrogens (tertiary/aromatic N) is 1. The number of ether oxygens (including phenoxy) is 4. The Kier molecular flexibility index (Phi) is 12.4. The molecule has 0 saturated carbocycles. The highest BCUT2D eigenvalue weighted by Gasteiger charge is 2.42. The molecule has 2 aromatic rings. The summed E-state index contributed by atoms with van der Waals surface area (Å²) in [5.74, 6) is 0.937. The van der Waals surface area contributed by atoms with Crippen LogP contribution in [-0.4, -0.2) is 94.0 Å². The van der Waals surface area contributed by atoms with E-state index in [9.17, 15) is 5.11 Å². The Bertz CT molecular complexity index is 724. The highest BCUT2D eigenvalue weighted by molar-refractivity contribution is 7.98. The van der Waals surface area contributed by atoms with Crippen molar-refractivity contribution < 1.29 is 24.1 Å². The molecule has 0 bridgehead atoms. The maximum absolute atomic E-state index is 12.5. The van der Waals surface area contributed by atoms with Gasteiger partial charge in [-0.3, -0.25) is 4.90 Å². The Morgan fingerprint density at radius 3 is 1.56 bits per heavy atom. The highest BCUT2D eigenvalue weighted by Crippen LogP contribution is 2.37.